The van der Waals surface area contributed by atoms with Crippen molar-refractivity contribution in [2.75, 3.05) is 0 Å². The maximum Gasteiger partial charge on any atom is 0.244 e. The Morgan fingerprint density at radius 2 is 2.08 bits per heavy atom. The summed E-state index contributed by atoms with van der Waals surface area (Å²) in [7, 11) is 0. The van der Waals surface area contributed by atoms with Gasteiger partial charge in [0.25, 0.3) is 0 Å². The van der Waals surface area contributed by atoms with Gasteiger partial charge in [0, 0.05) is 29.9 Å². The second kappa shape index (κ2) is 5.77. The molecular weight excluding hydrogens is 326 g/mol. The number of hydrogen-bond acceptors (Lipinski definition) is 4. The number of rotatable bonds is 1. The minimum absolute atomic E-state index is 0.0901. The third-order valence-corrected chi connectivity index (χ3v) is 5.73. The van der Waals surface area contributed by atoms with Gasteiger partial charge in [-0.2, -0.15) is 15.0 Å². The van der Waals surface area contributed by atoms with E-state index in [0.29, 0.717) is 6.42 Å². The minimum Gasteiger partial charge on any atom is -0.293 e. The highest BCUT2D eigenvalue weighted by atomic mass is 16.2. The number of carbonyl (C=O) groups is 2. The molecule has 2 aromatic rings. The summed E-state index contributed by atoms with van der Waals surface area (Å²) in [5.74, 6) is -0.124. The van der Waals surface area contributed by atoms with Crippen molar-refractivity contribution in [3.8, 4) is 17.3 Å². The Morgan fingerprint density at radius 3 is 2.73 bits per heavy atom. The average Bonchev–Trinajstić information content (AvgIpc) is 3.04. The van der Waals surface area contributed by atoms with Gasteiger partial charge in [-0.05, 0) is 18.8 Å². The van der Waals surface area contributed by atoms with E-state index in [0.717, 1.165) is 35.4 Å². The van der Waals surface area contributed by atoms with Crippen LogP contribution in [0.4, 0.5) is 0 Å². The summed E-state index contributed by atoms with van der Waals surface area (Å²) in [5, 5.41) is 14.0. The summed E-state index contributed by atoms with van der Waals surface area (Å²) in [5.41, 5.74) is 3.36. The van der Waals surface area contributed by atoms with Crippen LogP contribution in [0.1, 0.15) is 42.7 Å². The molecular formula is C21H19N3O2. The molecule has 26 heavy (non-hydrogen) atoms. The minimum atomic E-state index is -0.503. The van der Waals surface area contributed by atoms with Crippen molar-refractivity contribution >= 4 is 11.7 Å². The van der Waals surface area contributed by atoms with Gasteiger partial charge in [-0.3, -0.25) is 9.59 Å². The second-order valence-corrected chi connectivity index (χ2v) is 7.29. The van der Waals surface area contributed by atoms with Crippen LogP contribution < -0.4 is 0 Å². The predicted octanol–water partition coefficient (Wildman–Crippen LogP) is 3.45. The molecule has 1 aromatic carbocycles. The molecule has 0 saturated carbocycles. The van der Waals surface area contributed by atoms with Crippen LogP contribution in [0.3, 0.4) is 0 Å². The number of carbonyl (C=O) groups excluding carboxylic acids is 2. The number of Topliss-reactive ketones (excluding diaryl/α,β-unsaturated/α-hetero) is 1. The number of nitrogens with zero attached hydrogens (tertiary/aromatic N) is 3. The van der Waals surface area contributed by atoms with E-state index in [9.17, 15) is 14.9 Å². The summed E-state index contributed by atoms with van der Waals surface area (Å²) in [6, 6.07) is 11.8. The third-order valence-electron chi connectivity index (χ3n) is 5.73. The molecule has 5 heteroatoms. The molecule has 130 valence electrons. The molecule has 0 bridgehead atoms. The zero-order valence-corrected chi connectivity index (χ0v) is 14.8. The molecule has 4 rings (SSSR count). The van der Waals surface area contributed by atoms with Crippen molar-refractivity contribution in [2.45, 2.75) is 38.5 Å². The molecule has 1 heterocycles. The molecule has 0 fully saturated rings. The maximum absolute atomic E-state index is 12.3. The van der Waals surface area contributed by atoms with Crippen molar-refractivity contribution in [1.82, 2.24) is 9.78 Å². The fourth-order valence-electron chi connectivity index (χ4n) is 4.36. The molecule has 1 aromatic heterocycles. The lowest BCUT2D eigenvalue weighted by Gasteiger charge is -2.40. The first-order valence-corrected chi connectivity index (χ1v) is 8.80. The first kappa shape index (κ1) is 16.5. The van der Waals surface area contributed by atoms with Gasteiger partial charge in [-0.1, -0.05) is 43.3 Å². The molecule has 5 nitrogen and oxygen atoms in total. The van der Waals surface area contributed by atoms with Crippen LogP contribution in [0.2, 0.25) is 0 Å². The van der Waals surface area contributed by atoms with E-state index in [2.05, 4.69) is 5.10 Å². The molecule has 2 aliphatic rings. The van der Waals surface area contributed by atoms with Crippen molar-refractivity contribution in [3.63, 3.8) is 0 Å². The molecule has 0 spiro atoms. The Morgan fingerprint density at radius 1 is 1.35 bits per heavy atom. The molecule has 0 aliphatic heterocycles. The van der Waals surface area contributed by atoms with Crippen molar-refractivity contribution in [3.05, 3.63) is 53.2 Å². The zero-order chi connectivity index (χ0) is 18.5. The first-order chi connectivity index (χ1) is 12.5. The normalized spacial score (nSPS) is 24.3. The van der Waals surface area contributed by atoms with E-state index in [4.69, 9.17) is 0 Å². The van der Waals surface area contributed by atoms with Crippen LogP contribution in [0.5, 0.6) is 0 Å². The molecule has 2 unspecified atom stereocenters. The Kier molecular flexibility index (Phi) is 3.66. The highest BCUT2D eigenvalue weighted by Crippen LogP contribution is 2.49. The number of allylic oxidation sites excluding steroid dienone is 2. The Labute approximate surface area is 151 Å². The summed E-state index contributed by atoms with van der Waals surface area (Å²) in [4.78, 5) is 24.4. The lowest BCUT2D eigenvalue weighted by atomic mass is 9.61. The van der Waals surface area contributed by atoms with E-state index in [1.807, 2.05) is 43.3 Å². The lowest BCUT2D eigenvalue weighted by Crippen LogP contribution is -2.40. The standard InChI is InChI=1S/C21H19N3O2/c1-13(25)24-19(14-6-4-3-5-7-14)17-9-8-16-10-18(26)15(12-22)11-21(16,2)20(17)23-24/h3-7,11,16H,8-10H2,1-2H3. The number of nitriles is 1. The van der Waals surface area contributed by atoms with Crippen molar-refractivity contribution in [1.29, 1.82) is 5.26 Å². The van der Waals surface area contributed by atoms with Gasteiger partial charge in [-0.15, -0.1) is 0 Å². The molecule has 2 atom stereocenters. The summed E-state index contributed by atoms with van der Waals surface area (Å²) in [6.45, 7) is 3.54. The quantitative estimate of drug-likeness (QED) is 0.793. The summed E-state index contributed by atoms with van der Waals surface area (Å²) < 4.78 is 1.48. The van der Waals surface area contributed by atoms with E-state index in [1.165, 1.54) is 11.6 Å². The van der Waals surface area contributed by atoms with Crippen LogP contribution in [0.25, 0.3) is 11.3 Å². The van der Waals surface area contributed by atoms with Gasteiger partial charge in [0.05, 0.1) is 17.0 Å². The fourth-order valence-corrected chi connectivity index (χ4v) is 4.36. The number of aromatic nitrogens is 2. The van der Waals surface area contributed by atoms with Crippen LogP contribution in [-0.4, -0.2) is 21.5 Å². The second-order valence-electron chi connectivity index (χ2n) is 7.29. The monoisotopic (exact) mass is 345 g/mol. The van der Waals surface area contributed by atoms with Crippen LogP contribution in [0.15, 0.2) is 42.0 Å². The molecule has 0 saturated heterocycles. The van der Waals surface area contributed by atoms with Crippen molar-refractivity contribution in [2.24, 2.45) is 5.92 Å². The van der Waals surface area contributed by atoms with Gasteiger partial charge in [0.2, 0.25) is 5.91 Å². The Bertz CT molecular complexity index is 994. The fraction of sp³-hybridized carbons (Fsp3) is 0.333. The number of benzene rings is 1. The third kappa shape index (κ3) is 2.26. The van der Waals surface area contributed by atoms with E-state index in [-0.39, 0.29) is 23.2 Å². The maximum atomic E-state index is 12.3. The average molecular weight is 345 g/mol. The van der Waals surface area contributed by atoms with Crippen LogP contribution >= 0.6 is 0 Å². The SMILES string of the molecule is CC(=O)n1nc2c(c1-c1ccccc1)CCC1CC(=O)C(C#N)=CC21C. The van der Waals surface area contributed by atoms with Crippen molar-refractivity contribution < 1.29 is 9.59 Å². The van der Waals surface area contributed by atoms with Gasteiger partial charge >= 0.3 is 0 Å². The molecule has 0 radical (unpaired) electrons. The highest BCUT2D eigenvalue weighted by molar-refractivity contribution is 6.00. The van der Waals surface area contributed by atoms with Gasteiger partial charge < -0.3 is 0 Å². The molecule has 0 N–H and O–H groups in total. The lowest BCUT2D eigenvalue weighted by molar-refractivity contribution is -0.117. The largest absolute Gasteiger partial charge is 0.293 e. The summed E-state index contributed by atoms with van der Waals surface area (Å²) >= 11 is 0. The first-order valence-electron chi connectivity index (χ1n) is 8.80. The Balaban J connectivity index is 1.98. The van der Waals surface area contributed by atoms with E-state index >= 15 is 0 Å². The van der Waals surface area contributed by atoms with Gasteiger partial charge in [-0.25, -0.2) is 0 Å². The predicted molar refractivity (Wildman–Crippen MR) is 96.4 cm³/mol. The Hall–Kier alpha value is -3.00. The number of hydrogen-bond donors (Lipinski definition) is 0. The molecule has 0 amide bonds. The zero-order valence-electron chi connectivity index (χ0n) is 14.8. The number of fused-ring (bicyclic) bond motifs is 3. The topological polar surface area (TPSA) is 75.8 Å². The van der Waals surface area contributed by atoms with E-state index < -0.39 is 5.41 Å². The summed E-state index contributed by atoms with van der Waals surface area (Å²) in [6.07, 6.45) is 3.75. The van der Waals surface area contributed by atoms with Crippen LogP contribution in [-0.2, 0) is 16.6 Å². The smallest absolute Gasteiger partial charge is 0.244 e. The number of ketones is 1. The highest BCUT2D eigenvalue weighted by Gasteiger charge is 2.47. The van der Waals surface area contributed by atoms with E-state index in [1.54, 1.807) is 6.08 Å². The van der Waals surface area contributed by atoms with Gasteiger partial charge in [0.15, 0.2) is 5.78 Å². The molecule has 2 aliphatic carbocycles. The van der Waals surface area contributed by atoms with Gasteiger partial charge in [0.1, 0.15) is 6.07 Å². The van der Waals surface area contributed by atoms with Crippen LogP contribution in [0, 0.1) is 17.2 Å².